The van der Waals surface area contributed by atoms with Crippen LogP contribution in [0.15, 0.2) is 47.4 Å². The van der Waals surface area contributed by atoms with Crippen molar-refractivity contribution in [2.24, 2.45) is 0 Å². The summed E-state index contributed by atoms with van der Waals surface area (Å²) in [5, 5.41) is 0. The zero-order valence-corrected chi connectivity index (χ0v) is 13.2. The minimum Gasteiger partial charge on any atom is -0.493 e. The smallest absolute Gasteiger partial charge is 0.339 e. The van der Waals surface area contributed by atoms with Crippen LogP contribution in [-0.4, -0.2) is 29.6 Å². The Balaban J connectivity index is 2.40. The van der Waals surface area contributed by atoms with E-state index in [0.29, 0.717) is 0 Å². The molecule has 5 nitrogen and oxygen atoms in total. The predicted octanol–water partition coefficient (Wildman–Crippen LogP) is 2.67. The van der Waals surface area contributed by atoms with Gasteiger partial charge in [-0.25, -0.2) is 4.39 Å². The van der Waals surface area contributed by atoms with Gasteiger partial charge >= 0.3 is 10.1 Å². The van der Waals surface area contributed by atoms with Crippen LogP contribution in [0.1, 0.15) is 0 Å². The molecule has 7 heteroatoms. The first-order valence-electron chi connectivity index (χ1n) is 6.39. The van der Waals surface area contributed by atoms with Gasteiger partial charge in [0.1, 0.15) is 10.7 Å². The number of hydrogen-bond acceptors (Lipinski definition) is 5. The van der Waals surface area contributed by atoms with Crippen molar-refractivity contribution < 1.29 is 21.7 Å². The van der Waals surface area contributed by atoms with Gasteiger partial charge < -0.3 is 13.8 Å². The van der Waals surface area contributed by atoms with Crippen LogP contribution in [0, 0.1) is 5.82 Å². The molecule has 2 aromatic rings. The molecule has 0 radical (unpaired) electrons. The van der Waals surface area contributed by atoms with Gasteiger partial charge in [-0.15, -0.1) is 0 Å². The molecule has 2 aromatic carbocycles. The Hall–Kier alpha value is -2.28. The van der Waals surface area contributed by atoms with E-state index >= 15 is 0 Å². The molecular weight excluding hydrogens is 309 g/mol. The van der Waals surface area contributed by atoms with Crippen molar-refractivity contribution in [1.29, 1.82) is 0 Å². The molecule has 118 valence electrons. The average Bonchev–Trinajstić information content (AvgIpc) is 2.47. The summed E-state index contributed by atoms with van der Waals surface area (Å²) in [6.45, 7) is 0. The molecule has 0 aliphatic rings. The predicted molar refractivity (Wildman–Crippen MR) is 81.5 cm³/mol. The third kappa shape index (κ3) is 3.48. The van der Waals surface area contributed by atoms with Crippen LogP contribution in [-0.2, 0) is 10.1 Å². The fourth-order valence-electron chi connectivity index (χ4n) is 1.78. The van der Waals surface area contributed by atoms with Crippen LogP contribution in [0.4, 0.5) is 10.1 Å². The van der Waals surface area contributed by atoms with E-state index in [9.17, 15) is 12.8 Å². The standard InChI is InChI=1S/C15H16FNO4S/c1-17(2)12-6-9-14(20-3)15(10-12)21-22(18,19)13-7-4-11(16)5-8-13/h4-10H,1-3H3. The summed E-state index contributed by atoms with van der Waals surface area (Å²) in [6.07, 6.45) is 0. The molecule has 0 saturated heterocycles. The number of hydrogen-bond donors (Lipinski definition) is 0. The van der Waals surface area contributed by atoms with Crippen LogP contribution >= 0.6 is 0 Å². The monoisotopic (exact) mass is 325 g/mol. The Kier molecular flexibility index (Phi) is 4.56. The first-order valence-corrected chi connectivity index (χ1v) is 7.80. The van der Waals surface area contributed by atoms with E-state index < -0.39 is 15.9 Å². The molecule has 0 aromatic heterocycles. The van der Waals surface area contributed by atoms with Crippen molar-refractivity contribution in [2.75, 3.05) is 26.1 Å². The van der Waals surface area contributed by atoms with Gasteiger partial charge in [0.05, 0.1) is 7.11 Å². The van der Waals surface area contributed by atoms with E-state index in [4.69, 9.17) is 8.92 Å². The van der Waals surface area contributed by atoms with Gasteiger partial charge in [-0.05, 0) is 36.4 Å². The lowest BCUT2D eigenvalue weighted by Gasteiger charge is -2.16. The van der Waals surface area contributed by atoms with Gasteiger partial charge in [0.15, 0.2) is 11.5 Å². The lowest BCUT2D eigenvalue weighted by molar-refractivity contribution is 0.390. The van der Waals surface area contributed by atoms with E-state index in [0.717, 1.165) is 30.0 Å². The highest BCUT2D eigenvalue weighted by Crippen LogP contribution is 2.33. The summed E-state index contributed by atoms with van der Waals surface area (Å²) in [7, 11) is 0.987. The van der Waals surface area contributed by atoms with Crippen molar-refractivity contribution in [1.82, 2.24) is 0 Å². The van der Waals surface area contributed by atoms with Crippen LogP contribution in [0.5, 0.6) is 11.5 Å². The van der Waals surface area contributed by atoms with Crippen molar-refractivity contribution in [3.8, 4) is 11.5 Å². The largest absolute Gasteiger partial charge is 0.493 e. The number of benzene rings is 2. The van der Waals surface area contributed by atoms with Crippen LogP contribution < -0.4 is 13.8 Å². The van der Waals surface area contributed by atoms with Crippen molar-refractivity contribution >= 4 is 15.8 Å². The molecule has 0 aliphatic heterocycles. The summed E-state index contributed by atoms with van der Waals surface area (Å²) in [5.41, 5.74) is 0.755. The fourth-order valence-corrected chi connectivity index (χ4v) is 2.71. The molecule has 0 unspecified atom stereocenters. The maximum absolute atomic E-state index is 12.9. The minimum atomic E-state index is -4.07. The summed E-state index contributed by atoms with van der Waals surface area (Å²) in [5.74, 6) is -0.166. The molecular formula is C15H16FNO4S. The first kappa shape index (κ1) is 16.1. The second kappa shape index (κ2) is 6.23. The second-order valence-corrected chi connectivity index (χ2v) is 6.27. The Morgan fingerprint density at radius 1 is 1.00 bits per heavy atom. The molecule has 22 heavy (non-hydrogen) atoms. The summed E-state index contributed by atoms with van der Waals surface area (Å²) >= 11 is 0. The van der Waals surface area contributed by atoms with Gasteiger partial charge in [0.25, 0.3) is 0 Å². The Labute approximate surface area is 129 Å². The van der Waals surface area contributed by atoms with E-state index in [-0.39, 0.29) is 16.4 Å². The van der Waals surface area contributed by atoms with Gasteiger partial charge in [-0.2, -0.15) is 8.42 Å². The molecule has 0 heterocycles. The molecule has 0 N–H and O–H groups in total. The number of ether oxygens (including phenoxy) is 1. The topological polar surface area (TPSA) is 55.8 Å². The molecule has 0 saturated carbocycles. The highest BCUT2D eigenvalue weighted by molar-refractivity contribution is 7.87. The third-order valence-corrected chi connectivity index (χ3v) is 4.21. The SMILES string of the molecule is COc1ccc(N(C)C)cc1OS(=O)(=O)c1ccc(F)cc1. The zero-order chi connectivity index (χ0) is 16.3. The Morgan fingerprint density at radius 3 is 2.18 bits per heavy atom. The molecule has 0 fully saturated rings. The second-order valence-electron chi connectivity index (χ2n) is 4.72. The van der Waals surface area contributed by atoms with E-state index in [2.05, 4.69) is 0 Å². The Morgan fingerprint density at radius 2 is 1.64 bits per heavy atom. The highest BCUT2D eigenvalue weighted by atomic mass is 32.2. The average molecular weight is 325 g/mol. The number of rotatable bonds is 5. The summed E-state index contributed by atoms with van der Waals surface area (Å²) in [4.78, 5) is 1.67. The molecule has 0 atom stereocenters. The third-order valence-electron chi connectivity index (χ3n) is 2.97. The molecule has 0 bridgehead atoms. The summed E-state index contributed by atoms with van der Waals surface area (Å²) in [6, 6.07) is 9.36. The maximum Gasteiger partial charge on any atom is 0.339 e. The molecule has 0 aliphatic carbocycles. The summed E-state index contributed by atoms with van der Waals surface area (Å²) < 4.78 is 47.6. The van der Waals surface area contributed by atoms with Gasteiger partial charge in [-0.3, -0.25) is 0 Å². The molecule has 0 spiro atoms. The number of halogens is 1. The normalized spacial score (nSPS) is 11.1. The van der Waals surface area contributed by atoms with E-state index in [1.165, 1.54) is 7.11 Å². The zero-order valence-electron chi connectivity index (χ0n) is 12.4. The number of methoxy groups -OCH3 is 1. The quantitative estimate of drug-likeness (QED) is 0.791. The lowest BCUT2D eigenvalue weighted by atomic mass is 10.2. The van der Waals surface area contributed by atoms with Crippen molar-refractivity contribution in [3.05, 3.63) is 48.3 Å². The fraction of sp³-hybridized carbons (Fsp3) is 0.200. The molecule has 0 amide bonds. The van der Waals surface area contributed by atoms with Crippen molar-refractivity contribution in [2.45, 2.75) is 4.90 Å². The van der Waals surface area contributed by atoms with Gasteiger partial charge in [0, 0.05) is 25.8 Å². The number of nitrogens with zero attached hydrogens (tertiary/aromatic N) is 1. The Bertz CT molecular complexity index is 758. The van der Waals surface area contributed by atoms with Crippen molar-refractivity contribution in [3.63, 3.8) is 0 Å². The number of anilines is 1. The maximum atomic E-state index is 12.9. The van der Waals surface area contributed by atoms with Crippen LogP contribution in [0.3, 0.4) is 0 Å². The van der Waals surface area contributed by atoms with Crippen LogP contribution in [0.2, 0.25) is 0 Å². The lowest BCUT2D eigenvalue weighted by Crippen LogP contribution is -2.12. The minimum absolute atomic E-state index is 0.0676. The highest BCUT2D eigenvalue weighted by Gasteiger charge is 2.19. The van der Waals surface area contributed by atoms with Gasteiger partial charge in [0.2, 0.25) is 0 Å². The van der Waals surface area contributed by atoms with E-state index in [1.54, 1.807) is 23.1 Å². The van der Waals surface area contributed by atoms with Crippen LogP contribution in [0.25, 0.3) is 0 Å². The van der Waals surface area contributed by atoms with Gasteiger partial charge in [-0.1, -0.05) is 0 Å². The van der Waals surface area contributed by atoms with E-state index in [1.807, 2.05) is 14.1 Å². The first-order chi connectivity index (χ1) is 10.3. The molecule has 2 rings (SSSR count).